The van der Waals surface area contributed by atoms with E-state index in [1.807, 2.05) is 0 Å². The zero-order valence-electron chi connectivity index (χ0n) is 26.4. The lowest BCUT2D eigenvalue weighted by Gasteiger charge is -2.26. The lowest BCUT2D eigenvalue weighted by Crippen LogP contribution is -2.60. The fourth-order valence-corrected chi connectivity index (χ4v) is 5.01. The van der Waals surface area contributed by atoms with Crippen LogP contribution < -0.4 is 43.4 Å². The van der Waals surface area contributed by atoms with Crippen molar-refractivity contribution in [3.8, 4) is 0 Å². The van der Waals surface area contributed by atoms with Crippen LogP contribution in [0.1, 0.15) is 25.7 Å². The van der Waals surface area contributed by atoms with E-state index in [9.17, 15) is 38.7 Å². The number of methoxy groups -OCH3 is 1. The summed E-state index contributed by atoms with van der Waals surface area (Å²) in [6.07, 6.45) is 3.09. The Hall–Kier alpha value is -2.43. The molecule has 21 heteroatoms. The molecule has 11 N–H and O–H groups in total. The van der Waals surface area contributed by atoms with E-state index in [4.69, 9.17) is 11.5 Å². The molecule has 0 spiro atoms. The first-order valence-corrected chi connectivity index (χ1v) is 17.9. The molecule has 0 aliphatic rings. The smallest absolute Gasteiger partial charge is 0.329 e. The Balaban J connectivity index is 5.68. The minimum absolute atomic E-state index is 0.0616. The molecule has 6 atom stereocenters. The zero-order chi connectivity index (χ0) is 35.9. The van der Waals surface area contributed by atoms with Gasteiger partial charge in [-0.3, -0.25) is 28.8 Å². The minimum Gasteiger partial charge on any atom is -0.467 e. The van der Waals surface area contributed by atoms with Crippen LogP contribution in [0.2, 0.25) is 0 Å². The van der Waals surface area contributed by atoms with Crippen molar-refractivity contribution in [2.24, 2.45) is 11.5 Å². The Morgan fingerprint density at radius 2 is 1.09 bits per heavy atom. The first-order chi connectivity index (χ1) is 22.4. The Bertz CT molecular complexity index is 1050. The Labute approximate surface area is 294 Å². The molecule has 0 heterocycles. The number of ether oxygens (including phenoxy) is 1. The number of hydrogen-bond donors (Lipinski definition) is 12. The van der Waals surface area contributed by atoms with Crippen LogP contribution in [0.5, 0.6) is 0 Å². The van der Waals surface area contributed by atoms with E-state index in [0.29, 0.717) is 25.1 Å². The number of aliphatic hydroxyl groups is 1. The molecule has 0 aromatic carbocycles. The topological polar surface area (TPSA) is 273 Å². The average molecular weight is 745 g/mol. The molecule has 0 aliphatic carbocycles. The number of amides is 6. The maximum absolute atomic E-state index is 13.1. The Kier molecular flexibility index (Phi) is 24.2. The molecule has 0 saturated carbocycles. The molecule has 6 amide bonds. The number of carbonyl (C=O) groups excluding carboxylic acids is 7. The number of thiol groups is 3. The van der Waals surface area contributed by atoms with E-state index in [2.05, 4.69) is 74.5 Å². The highest BCUT2D eigenvalue weighted by Crippen LogP contribution is 2.06. The third kappa shape index (κ3) is 17.0. The van der Waals surface area contributed by atoms with Crippen LogP contribution in [0.25, 0.3) is 0 Å². The lowest BCUT2D eigenvalue weighted by atomic mass is 10.1. The first-order valence-electron chi connectivity index (χ1n) is 14.6. The minimum atomic E-state index is -1.54. The first kappa shape index (κ1) is 44.6. The normalized spacial score (nSPS) is 14.6. The molecule has 0 aromatic heterocycles. The van der Waals surface area contributed by atoms with Crippen LogP contribution in [0.3, 0.4) is 0 Å². The quantitative estimate of drug-likeness (QED) is 0.0254. The maximum Gasteiger partial charge on any atom is 0.329 e. The molecule has 47 heavy (non-hydrogen) atoms. The summed E-state index contributed by atoms with van der Waals surface area (Å²) >= 11 is 13.6. The van der Waals surface area contributed by atoms with Gasteiger partial charge in [0.15, 0.2) is 0 Å². The van der Waals surface area contributed by atoms with Gasteiger partial charge in [0.05, 0.1) is 20.3 Å². The number of aliphatic hydroxyl groups excluding tert-OH is 1. The van der Waals surface area contributed by atoms with Crippen LogP contribution in [0.15, 0.2) is 0 Å². The van der Waals surface area contributed by atoms with E-state index < -0.39 is 84.3 Å². The van der Waals surface area contributed by atoms with Crippen LogP contribution in [0, 0.1) is 0 Å². The SMILES string of the molecule is COC(=O)[C@H](CS)NC(=O)[C@H](CCCCN)NC(=O)[C@H](CS)NC(=O)[C@H](CO)NC(=O)[C@H](CCSC)NC(=O)[C@H](CS)NC(=O)CN. The van der Waals surface area contributed by atoms with Crippen molar-refractivity contribution in [2.75, 3.05) is 56.1 Å². The molecular formula is C26H48N8O9S4. The van der Waals surface area contributed by atoms with Crippen molar-refractivity contribution in [1.29, 1.82) is 0 Å². The third-order valence-corrected chi connectivity index (χ3v) is 8.20. The lowest BCUT2D eigenvalue weighted by molar-refractivity contribution is -0.144. The summed E-state index contributed by atoms with van der Waals surface area (Å²) in [5, 5.41) is 24.6. The van der Waals surface area contributed by atoms with E-state index in [1.54, 1.807) is 6.26 Å². The van der Waals surface area contributed by atoms with Gasteiger partial charge in [0.2, 0.25) is 35.4 Å². The number of rotatable bonds is 24. The highest BCUT2D eigenvalue weighted by molar-refractivity contribution is 7.98. The maximum atomic E-state index is 13.1. The summed E-state index contributed by atoms with van der Waals surface area (Å²) in [5.74, 6) is -5.22. The Morgan fingerprint density at radius 3 is 1.53 bits per heavy atom. The van der Waals surface area contributed by atoms with Gasteiger partial charge in [0, 0.05) is 17.3 Å². The largest absolute Gasteiger partial charge is 0.467 e. The highest BCUT2D eigenvalue weighted by Gasteiger charge is 2.32. The summed E-state index contributed by atoms with van der Waals surface area (Å²) in [7, 11) is 1.15. The van der Waals surface area contributed by atoms with E-state index >= 15 is 0 Å². The van der Waals surface area contributed by atoms with Crippen molar-refractivity contribution < 1.29 is 43.4 Å². The molecule has 0 radical (unpaired) electrons. The van der Waals surface area contributed by atoms with Gasteiger partial charge >= 0.3 is 5.97 Å². The van der Waals surface area contributed by atoms with Gasteiger partial charge in [-0.05, 0) is 44.2 Å². The molecule has 0 aliphatic heterocycles. The molecule has 0 unspecified atom stereocenters. The number of unbranched alkanes of at least 4 members (excludes halogenated alkanes) is 1. The van der Waals surface area contributed by atoms with E-state index in [-0.39, 0.29) is 36.6 Å². The number of hydrogen-bond acceptors (Lipinski definition) is 15. The van der Waals surface area contributed by atoms with E-state index in [0.717, 1.165) is 7.11 Å². The molecule has 270 valence electrons. The summed E-state index contributed by atoms with van der Waals surface area (Å²) < 4.78 is 4.65. The van der Waals surface area contributed by atoms with Gasteiger partial charge in [-0.2, -0.15) is 49.6 Å². The van der Waals surface area contributed by atoms with Crippen LogP contribution in [-0.2, 0) is 38.3 Å². The van der Waals surface area contributed by atoms with Crippen LogP contribution in [0.4, 0.5) is 0 Å². The molecule has 17 nitrogen and oxygen atoms in total. The predicted molar refractivity (Wildman–Crippen MR) is 187 cm³/mol. The van der Waals surface area contributed by atoms with Gasteiger partial charge < -0.3 is 53.2 Å². The monoisotopic (exact) mass is 744 g/mol. The predicted octanol–water partition coefficient (Wildman–Crippen LogP) is -4.31. The van der Waals surface area contributed by atoms with Crippen molar-refractivity contribution in [2.45, 2.75) is 61.9 Å². The Morgan fingerprint density at radius 1 is 0.660 bits per heavy atom. The molecule has 0 fully saturated rings. The molecule has 0 rings (SSSR count). The number of nitrogens with one attached hydrogen (secondary N) is 6. The second-order valence-corrected chi connectivity index (χ2v) is 12.0. The van der Waals surface area contributed by atoms with Crippen LogP contribution >= 0.6 is 49.6 Å². The molecule has 0 bridgehead atoms. The van der Waals surface area contributed by atoms with E-state index in [1.165, 1.54) is 11.8 Å². The van der Waals surface area contributed by atoms with Crippen molar-refractivity contribution in [3.63, 3.8) is 0 Å². The fraction of sp³-hybridized carbons (Fsp3) is 0.731. The fourth-order valence-electron chi connectivity index (χ4n) is 3.78. The van der Waals surface area contributed by atoms with Crippen molar-refractivity contribution in [1.82, 2.24) is 31.9 Å². The van der Waals surface area contributed by atoms with Gasteiger partial charge in [-0.25, -0.2) is 4.79 Å². The third-order valence-electron chi connectivity index (χ3n) is 6.46. The van der Waals surface area contributed by atoms with Crippen molar-refractivity contribution in [3.05, 3.63) is 0 Å². The van der Waals surface area contributed by atoms with Gasteiger partial charge in [0.25, 0.3) is 0 Å². The van der Waals surface area contributed by atoms with Crippen molar-refractivity contribution >= 4 is 91.1 Å². The second-order valence-electron chi connectivity index (χ2n) is 9.95. The highest BCUT2D eigenvalue weighted by atomic mass is 32.2. The van der Waals surface area contributed by atoms with Gasteiger partial charge in [-0.1, -0.05) is 0 Å². The summed E-state index contributed by atoms with van der Waals surface area (Å²) in [6, 6.07) is -7.28. The summed E-state index contributed by atoms with van der Waals surface area (Å²) in [5.41, 5.74) is 10.8. The van der Waals surface area contributed by atoms with Crippen LogP contribution in [-0.4, -0.2) is 139 Å². The zero-order valence-corrected chi connectivity index (χ0v) is 29.9. The summed E-state index contributed by atoms with van der Waals surface area (Å²) in [6.45, 7) is -0.882. The standard InChI is InChI=1S/C26H48N8O9S4/c1-43-26(42)19(13-46)34-21(37)14(5-3-4-7-27)30-25(41)18(12-45)33-23(39)16(10-35)32-22(38)15(6-8-47-2)31-24(40)17(11-44)29-20(36)9-28/h14-19,35,44-46H,3-13,27-28H2,1-2H3,(H,29,36)(H,30,41)(H,31,40)(H,32,38)(H,33,39)(H,34,37)/t14-,15-,16-,17-,18-,19-/m0/s1. The molecular weight excluding hydrogens is 697 g/mol. The number of carbonyl (C=O) groups is 7. The summed E-state index contributed by atoms with van der Waals surface area (Å²) in [4.78, 5) is 88.6. The number of thioether (sulfide) groups is 1. The average Bonchev–Trinajstić information content (AvgIpc) is 3.07. The second kappa shape index (κ2) is 25.6. The van der Waals surface area contributed by atoms with Gasteiger partial charge in [-0.15, -0.1) is 0 Å². The molecule has 0 saturated heterocycles. The number of nitrogens with two attached hydrogens (primary N) is 2. The van der Waals surface area contributed by atoms with Gasteiger partial charge in [0.1, 0.15) is 36.3 Å². The number of esters is 1. The molecule has 0 aromatic rings.